The molecule has 3 rings (SSSR count). The lowest BCUT2D eigenvalue weighted by Crippen LogP contribution is -2.41. The molecule has 2 aromatic carbocycles. The van der Waals surface area contributed by atoms with Crippen molar-refractivity contribution < 1.29 is 14.4 Å². The summed E-state index contributed by atoms with van der Waals surface area (Å²) in [6.07, 6.45) is 0. The lowest BCUT2D eigenvalue weighted by molar-refractivity contribution is -0.130. The fourth-order valence-corrected chi connectivity index (χ4v) is 3.18. The molecule has 0 atom stereocenters. The molecule has 0 fully saturated rings. The summed E-state index contributed by atoms with van der Waals surface area (Å²) in [4.78, 5) is 39.9. The number of likely N-dealkylation sites (N-methyl/N-ethyl adjacent to an activating group) is 1. The Bertz CT molecular complexity index is 879. The first kappa shape index (κ1) is 17.4. The van der Waals surface area contributed by atoms with Crippen molar-refractivity contribution in [3.05, 3.63) is 69.2 Å². The third-order valence-corrected chi connectivity index (χ3v) is 4.98. The lowest BCUT2D eigenvalue weighted by atomic mass is 10.1. The van der Waals surface area contributed by atoms with Gasteiger partial charge in [-0.15, -0.1) is 0 Å². The highest BCUT2D eigenvalue weighted by atomic mass is 79.9. The van der Waals surface area contributed by atoms with E-state index in [0.29, 0.717) is 17.7 Å². The molecule has 128 valence electrons. The second-order valence-electron chi connectivity index (χ2n) is 6.09. The molecule has 6 heteroatoms. The van der Waals surface area contributed by atoms with Gasteiger partial charge in [0.05, 0.1) is 11.1 Å². The maximum atomic E-state index is 12.5. The van der Waals surface area contributed by atoms with E-state index >= 15 is 0 Å². The van der Waals surface area contributed by atoms with Gasteiger partial charge in [0.25, 0.3) is 11.8 Å². The van der Waals surface area contributed by atoms with Gasteiger partial charge in [-0.1, -0.05) is 45.8 Å². The molecule has 0 spiro atoms. The molecule has 0 radical (unpaired) electrons. The summed E-state index contributed by atoms with van der Waals surface area (Å²) in [6.45, 7) is 1.99. The Morgan fingerprint density at radius 2 is 1.76 bits per heavy atom. The summed E-state index contributed by atoms with van der Waals surface area (Å²) < 4.78 is 0.908. The van der Waals surface area contributed by atoms with Crippen LogP contribution in [-0.2, 0) is 11.3 Å². The highest BCUT2D eigenvalue weighted by Crippen LogP contribution is 2.24. The van der Waals surface area contributed by atoms with Crippen LogP contribution in [0, 0.1) is 6.92 Å². The van der Waals surface area contributed by atoms with Gasteiger partial charge in [-0.3, -0.25) is 19.3 Å². The molecular formula is C19H17BrN2O3. The highest BCUT2D eigenvalue weighted by Gasteiger charge is 2.37. The lowest BCUT2D eigenvalue weighted by Gasteiger charge is -2.21. The van der Waals surface area contributed by atoms with Crippen LogP contribution in [0.5, 0.6) is 0 Å². The van der Waals surface area contributed by atoms with Crippen LogP contribution < -0.4 is 0 Å². The number of amides is 3. The number of carbonyl (C=O) groups is 3. The van der Waals surface area contributed by atoms with E-state index in [-0.39, 0.29) is 12.5 Å². The zero-order valence-electron chi connectivity index (χ0n) is 14.0. The Balaban J connectivity index is 1.72. The van der Waals surface area contributed by atoms with Gasteiger partial charge in [0.15, 0.2) is 0 Å². The van der Waals surface area contributed by atoms with E-state index in [0.717, 1.165) is 20.5 Å². The Morgan fingerprint density at radius 1 is 1.08 bits per heavy atom. The third-order valence-electron chi connectivity index (χ3n) is 4.21. The number of hydrogen-bond donors (Lipinski definition) is 0. The van der Waals surface area contributed by atoms with E-state index in [9.17, 15) is 14.4 Å². The van der Waals surface area contributed by atoms with Crippen LogP contribution in [0.3, 0.4) is 0 Å². The second kappa shape index (κ2) is 6.80. The normalized spacial score (nSPS) is 13.2. The Labute approximate surface area is 154 Å². The SMILES string of the molecule is Cc1ccc2c(c1)C(=O)N(CC(=O)N(C)Cc1ccccc1Br)C2=O. The quantitative estimate of drug-likeness (QED) is 0.741. The summed E-state index contributed by atoms with van der Waals surface area (Å²) >= 11 is 3.45. The number of halogens is 1. The number of benzene rings is 2. The number of fused-ring (bicyclic) bond motifs is 1. The predicted octanol–water partition coefficient (Wildman–Crippen LogP) is 3.01. The van der Waals surface area contributed by atoms with Crippen molar-refractivity contribution in [1.82, 2.24) is 9.80 Å². The minimum absolute atomic E-state index is 0.258. The van der Waals surface area contributed by atoms with Gasteiger partial charge >= 0.3 is 0 Å². The Hall–Kier alpha value is -2.47. The van der Waals surface area contributed by atoms with Crippen molar-refractivity contribution >= 4 is 33.7 Å². The van der Waals surface area contributed by atoms with Crippen molar-refractivity contribution in [2.24, 2.45) is 0 Å². The largest absolute Gasteiger partial charge is 0.340 e. The third kappa shape index (κ3) is 3.35. The van der Waals surface area contributed by atoms with Crippen molar-refractivity contribution in [2.45, 2.75) is 13.5 Å². The molecule has 0 N–H and O–H groups in total. The Morgan fingerprint density at radius 3 is 2.48 bits per heavy atom. The van der Waals surface area contributed by atoms with Gasteiger partial charge in [0, 0.05) is 18.1 Å². The number of imide groups is 1. The van der Waals surface area contributed by atoms with E-state index in [1.165, 1.54) is 4.90 Å². The first-order chi connectivity index (χ1) is 11.9. The topological polar surface area (TPSA) is 57.7 Å². The fraction of sp³-hybridized carbons (Fsp3) is 0.211. The number of rotatable bonds is 4. The van der Waals surface area contributed by atoms with Gasteiger partial charge in [-0.2, -0.15) is 0 Å². The number of aryl methyl sites for hydroxylation is 1. The molecule has 1 heterocycles. The molecule has 0 saturated heterocycles. The number of hydrogen-bond acceptors (Lipinski definition) is 3. The van der Waals surface area contributed by atoms with Gasteiger partial charge in [-0.05, 0) is 30.7 Å². The van der Waals surface area contributed by atoms with Crippen LogP contribution in [0.1, 0.15) is 31.8 Å². The summed E-state index contributed by atoms with van der Waals surface area (Å²) in [7, 11) is 1.66. The van der Waals surface area contributed by atoms with Crippen LogP contribution in [0.4, 0.5) is 0 Å². The van der Waals surface area contributed by atoms with E-state index in [4.69, 9.17) is 0 Å². The van der Waals surface area contributed by atoms with Crippen LogP contribution in [0.2, 0.25) is 0 Å². The molecule has 0 saturated carbocycles. The summed E-state index contributed by atoms with van der Waals surface area (Å²) in [5, 5.41) is 0. The molecule has 0 bridgehead atoms. The fourth-order valence-electron chi connectivity index (χ4n) is 2.77. The zero-order valence-corrected chi connectivity index (χ0v) is 15.5. The summed E-state index contributed by atoms with van der Waals surface area (Å²) in [6, 6.07) is 12.7. The van der Waals surface area contributed by atoms with Gasteiger partial charge < -0.3 is 4.90 Å². The van der Waals surface area contributed by atoms with Gasteiger partial charge in [0.1, 0.15) is 6.54 Å². The smallest absolute Gasteiger partial charge is 0.262 e. The monoisotopic (exact) mass is 400 g/mol. The molecule has 0 unspecified atom stereocenters. The second-order valence-corrected chi connectivity index (χ2v) is 6.94. The molecule has 0 aromatic heterocycles. The zero-order chi connectivity index (χ0) is 18.1. The molecule has 25 heavy (non-hydrogen) atoms. The van der Waals surface area contributed by atoms with Crippen molar-refractivity contribution in [1.29, 1.82) is 0 Å². The highest BCUT2D eigenvalue weighted by molar-refractivity contribution is 9.10. The molecule has 1 aliphatic rings. The minimum Gasteiger partial charge on any atom is -0.340 e. The van der Waals surface area contributed by atoms with Gasteiger partial charge in [-0.25, -0.2) is 0 Å². The van der Waals surface area contributed by atoms with E-state index in [2.05, 4.69) is 15.9 Å². The van der Waals surface area contributed by atoms with Crippen molar-refractivity contribution in [3.63, 3.8) is 0 Å². The molecule has 1 aliphatic heterocycles. The van der Waals surface area contributed by atoms with Crippen LogP contribution in [0.15, 0.2) is 46.9 Å². The molecule has 5 nitrogen and oxygen atoms in total. The maximum absolute atomic E-state index is 12.5. The first-order valence-electron chi connectivity index (χ1n) is 7.82. The molecular weight excluding hydrogens is 384 g/mol. The van der Waals surface area contributed by atoms with Gasteiger partial charge in [0.2, 0.25) is 5.91 Å². The van der Waals surface area contributed by atoms with Crippen LogP contribution in [-0.4, -0.2) is 41.1 Å². The minimum atomic E-state index is -0.414. The number of nitrogens with zero attached hydrogens (tertiary/aromatic N) is 2. The maximum Gasteiger partial charge on any atom is 0.262 e. The summed E-state index contributed by atoms with van der Waals surface area (Å²) in [5.41, 5.74) is 2.58. The average molecular weight is 401 g/mol. The van der Waals surface area contributed by atoms with Crippen molar-refractivity contribution in [2.75, 3.05) is 13.6 Å². The standard InChI is InChI=1S/C19H17BrN2O3/c1-12-7-8-14-15(9-12)19(25)22(18(14)24)11-17(23)21(2)10-13-5-3-4-6-16(13)20/h3-9H,10-11H2,1-2H3. The average Bonchev–Trinajstić information content (AvgIpc) is 2.81. The molecule has 2 aromatic rings. The number of carbonyl (C=O) groups excluding carboxylic acids is 3. The molecule has 3 amide bonds. The van der Waals surface area contributed by atoms with Crippen molar-refractivity contribution in [3.8, 4) is 0 Å². The van der Waals surface area contributed by atoms with E-state index in [1.54, 1.807) is 25.2 Å². The van der Waals surface area contributed by atoms with Crippen LogP contribution >= 0.6 is 15.9 Å². The predicted molar refractivity (Wildman–Crippen MR) is 97.2 cm³/mol. The summed E-state index contributed by atoms with van der Waals surface area (Å²) in [5.74, 6) is -1.11. The Kier molecular flexibility index (Phi) is 4.72. The van der Waals surface area contributed by atoms with E-state index < -0.39 is 11.8 Å². The molecule has 0 aliphatic carbocycles. The van der Waals surface area contributed by atoms with E-state index in [1.807, 2.05) is 31.2 Å². The first-order valence-corrected chi connectivity index (χ1v) is 8.62. The van der Waals surface area contributed by atoms with Crippen LogP contribution in [0.25, 0.3) is 0 Å².